The van der Waals surface area contributed by atoms with E-state index < -0.39 is 0 Å². The van der Waals surface area contributed by atoms with E-state index in [0.29, 0.717) is 10.8 Å². The van der Waals surface area contributed by atoms with Gasteiger partial charge in [-0.2, -0.15) is 0 Å². The molecule has 0 bridgehead atoms. The Kier molecular flexibility index (Phi) is 8.44. The summed E-state index contributed by atoms with van der Waals surface area (Å²) in [5.41, 5.74) is 3.04. The van der Waals surface area contributed by atoms with Gasteiger partial charge in [0.1, 0.15) is 0 Å². The zero-order valence-electron chi connectivity index (χ0n) is 23.3. The zero-order valence-corrected chi connectivity index (χ0v) is 23.3. The Balaban J connectivity index is 1.40. The van der Waals surface area contributed by atoms with Crippen LogP contribution in [0.15, 0.2) is 11.6 Å². The van der Waals surface area contributed by atoms with E-state index in [1.165, 1.54) is 96.3 Å². The van der Waals surface area contributed by atoms with Crippen molar-refractivity contribution in [1.82, 2.24) is 0 Å². The SMILES string of the molecule is CCCCC[CH][C@H]1CC[C@@]2(C)C(=CC[C@H]3[C@@H]4CC[C@H]([C@H](C)CCCC(C)C)[C@@]4(C)CC[C@@H]32)C1. The first-order chi connectivity index (χ1) is 15.8. The van der Waals surface area contributed by atoms with E-state index in [2.05, 4.69) is 54.0 Å². The van der Waals surface area contributed by atoms with E-state index in [4.69, 9.17) is 0 Å². The predicted molar refractivity (Wildman–Crippen MR) is 145 cm³/mol. The number of hydrogen-bond donors (Lipinski definition) is 0. The Labute approximate surface area is 208 Å². The molecule has 0 heterocycles. The summed E-state index contributed by atoms with van der Waals surface area (Å²) in [6.45, 7) is 15.2. The summed E-state index contributed by atoms with van der Waals surface area (Å²) >= 11 is 0. The molecule has 0 unspecified atom stereocenters. The van der Waals surface area contributed by atoms with Crippen LogP contribution in [0.25, 0.3) is 0 Å². The molecule has 33 heavy (non-hydrogen) atoms. The first kappa shape index (κ1) is 25.8. The van der Waals surface area contributed by atoms with Crippen molar-refractivity contribution >= 4 is 0 Å². The van der Waals surface area contributed by atoms with Gasteiger partial charge < -0.3 is 0 Å². The smallest absolute Gasteiger partial charge is 0.00851 e. The summed E-state index contributed by atoms with van der Waals surface area (Å²) in [6.07, 6.45) is 27.2. The quantitative estimate of drug-likeness (QED) is 0.228. The van der Waals surface area contributed by atoms with Crippen molar-refractivity contribution in [3.8, 4) is 0 Å². The second-order valence-electron chi connectivity index (χ2n) is 14.0. The summed E-state index contributed by atoms with van der Waals surface area (Å²) in [6, 6.07) is 0. The van der Waals surface area contributed by atoms with Gasteiger partial charge in [-0.25, -0.2) is 0 Å². The number of fused-ring (bicyclic) bond motifs is 5. The lowest BCUT2D eigenvalue weighted by molar-refractivity contribution is -0.0520. The van der Waals surface area contributed by atoms with Gasteiger partial charge in [-0.3, -0.25) is 0 Å². The molecule has 0 amide bonds. The molecule has 4 aliphatic rings. The fourth-order valence-corrected chi connectivity index (χ4v) is 9.66. The van der Waals surface area contributed by atoms with Gasteiger partial charge in [0, 0.05) is 0 Å². The molecule has 1 radical (unpaired) electrons. The molecule has 0 aliphatic heterocycles. The van der Waals surface area contributed by atoms with Crippen LogP contribution >= 0.6 is 0 Å². The van der Waals surface area contributed by atoms with Crippen LogP contribution in [-0.4, -0.2) is 0 Å². The van der Waals surface area contributed by atoms with Crippen molar-refractivity contribution in [3.05, 3.63) is 18.1 Å². The molecule has 0 spiro atoms. The second kappa shape index (κ2) is 10.8. The molecule has 0 aromatic rings. The number of unbranched alkanes of at least 4 members (excludes halogenated alkanes) is 3. The lowest BCUT2D eigenvalue weighted by Gasteiger charge is -2.58. The van der Waals surface area contributed by atoms with E-state index in [1.807, 2.05) is 5.57 Å². The summed E-state index contributed by atoms with van der Waals surface area (Å²) in [5, 5.41) is 0. The highest BCUT2D eigenvalue weighted by atomic mass is 14.6. The molecular weight excluding hydrogens is 396 g/mol. The summed E-state index contributed by atoms with van der Waals surface area (Å²) in [4.78, 5) is 0. The molecule has 0 saturated heterocycles. The molecule has 4 rings (SSSR count). The Morgan fingerprint density at radius 3 is 2.52 bits per heavy atom. The average Bonchev–Trinajstić information content (AvgIpc) is 3.14. The topological polar surface area (TPSA) is 0 Å². The third-order valence-corrected chi connectivity index (χ3v) is 11.7. The van der Waals surface area contributed by atoms with Gasteiger partial charge in [-0.15, -0.1) is 0 Å². The maximum absolute atomic E-state index is 2.79. The second-order valence-corrected chi connectivity index (χ2v) is 14.0. The van der Waals surface area contributed by atoms with Crippen molar-refractivity contribution in [3.63, 3.8) is 0 Å². The Morgan fingerprint density at radius 1 is 0.939 bits per heavy atom. The maximum atomic E-state index is 2.79. The molecule has 3 saturated carbocycles. The molecular formula is C33H57. The average molecular weight is 454 g/mol. The third-order valence-electron chi connectivity index (χ3n) is 11.7. The Bertz CT molecular complexity index is 657. The third kappa shape index (κ3) is 5.16. The van der Waals surface area contributed by atoms with Gasteiger partial charge in [0.2, 0.25) is 0 Å². The molecule has 3 fully saturated rings. The highest BCUT2D eigenvalue weighted by molar-refractivity contribution is 5.25. The zero-order chi connectivity index (χ0) is 23.6. The number of hydrogen-bond acceptors (Lipinski definition) is 0. The fraction of sp³-hybridized carbons (Fsp3) is 0.909. The van der Waals surface area contributed by atoms with Gasteiger partial charge in [0.15, 0.2) is 0 Å². The van der Waals surface area contributed by atoms with Gasteiger partial charge in [0.25, 0.3) is 0 Å². The van der Waals surface area contributed by atoms with Crippen LogP contribution in [0.4, 0.5) is 0 Å². The van der Waals surface area contributed by atoms with E-state index >= 15 is 0 Å². The molecule has 8 atom stereocenters. The van der Waals surface area contributed by atoms with E-state index in [-0.39, 0.29) is 0 Å². The van der Waals surface area contributed by atoms with Crippen LogP contribution in [0.1, 0.15) is 138 Å². The summed E-state index contributed by atoms with van der Waals surface area (Å²) < 4.78 is 0. The van der Waals surface area contributed by atoms with Crippen molar-refractivity contribution in [2.45, 2.75) is 138 Å². The Morgan fingerprint density at radius 2 is 1.76 bits per heavy atom. The molecule has 0 aromatic carbocycles. The minimum absolute atomic E-state index is 0.527. The monoisotopic (exact) mass is 453 g/mol. The maximum Gasteiger partial charge on any atom is -0.00851 e. The highest BCUT2D eigenvalue weighted by Gasteiger charge is 2.59. The van der Waals surface area contributed by atoms with Crippen molar-refractivity contribution < 1.29 is 0 Å². The normalized spacial score (nSPS) is 41.3. The molecule has 0 aromatic heterocycles. The first-order valence-electron chi connectivity index (χ1n) is 15.3. The Hall–Kier alpha value is -0.260. The predicted octanol–water partition coefficient (Wildman–Crippen LogP) is 10.4. The van der Waals surface area contributed by atoms with Crippen LogP contribution in [0.2, 0.25) is 0 Å². The largest absolute Gasteiger partial charge is 0.0845 e. The molecule has 0 nitrogen and oxygen atoms in total. The minimum atomic E-state index is 0.527. The molecule has 4 aliphatic carbocycles. The van der Waals surface area contributed by atoms with E-state index in [1.54, 1.807) is 0 Å². The molecule has 0 N–H and O–H groups in total. The van der Waals surface area contributed by atoms with Crippen LogP contribution in [0.5, 0.6) is 0 Å². The standard InChI is InChI=1S/C33H57/c1-7-8-9-10-14-26-19-21-32(5)27(23-26)15-16-28-30-18-17-29(25(4)13-11-12-24(2)3)33(30,6)22-20-31(28)32/h14-15,24-26,28-31H,7-13,16-23H2,1-6H3/t25-,26+,28+,29-,30+,31+,32+,33-/m1/s1. The van der Waals surface area contributed by atoms with E-state index in [9.17, 15) is 0 Å². The number of rotatable bonds is 10. The van der Waals surface area contributed by atoms with Crippen LogP contribution in [-0.2, 0) is 0 Å². The van der Waals surface area contributed by atoms with Gasteiger partial charge in [-0.05, 0) is 116 Å². The molecule has 189 valence electrons. The van der Waals surface area contributed by atoms with Gasteiger partial charge in [0.05, 0.1) is 0 Å². The minimum Gasteiger partial charge on any atom is -0.0845 e. The fourth-order valence-electron chi connectivity index (χ4n) is 9.66. The molecule has 0 heteroatoms. The number of allylic oxidation sites excluding steroid dienone is 2. The summed E-state index contributed by atoms with van der Waals surface area (Å²) in [5.74, 6) is 6.62. The van der Waals surface area contributed by atoms with Crippen LogP contribution < -0.4 is 0 Å². The van der Waals surface area contributed by atoms with Crippen molar-refractivity contribution in [2.75, 3.05) is 0 Å². The summed E-state index contributed by atoms with van der Waals surface area (Å²) in [7, 11) is 0. The first-order valence-corrected chi connectivity index (χ1v) is 15.3. The van der Waals surface area contributed by atoms with E-state index in [0.717, 1.165) is 41.4 Å². The van der Waals surface area contributed by atoms with Gasteiger partial charge >= 0.3 is 0 Å². The van der Waals surface area contributed by atoms with Crippen LogP contribution in [0, 0.1) is 58.7 Å². The van der Waals surface area contributed by atoms with Crippen molar-refractivity contribution in [2.24, 2.45) is 52.3 Å². The highest BCUT2D eigenvalue weighted by Crippen LogP contribution is 2.67. The lowest BCUT2D eigenvalue weighted by Crippen LogP contribution is -2.50. The van der Waals surface area contributed by atoms with Gasteiger partial charge in [-0.1, -0.05) is 91.7 Å². The van der Waals surface area contributed by atoms with Crippen LogP contribution in [0.3, 0.4) is 0 Å². The van der Waals surface area contributed by atoms with Crippen molar-refractivity contribution in [1.29, 1.82) is 0 Å². The lowest BCUT2D eigenvalue weighted by atomic mass is 9.46.